The van der Waals surface area contributed by atoms with Gasteiger partial charge in [-0.2, -0.15) is 0 Å². The highest BCUT2D eigenvalue weighted by Crippen LogP contribution is 2.51. The van der Waals surface area contributed by atoms with Crippen LogP contribution in [0.25, 0.3) is 33.6 Å². The molecule has 14 heteroatoms. The van der Waals surface area contributed by atoms with E-state index in [2.05, 4.69) is 39.3 Å². The average molecular weight is 875 g/mol. The Kier molecular flexibility index (Phi) is 12.2. The maximum Gasteiger partial charge on any atom is 0.250 e. The lowest BCUT2D eigenvalue weighted by molar-refractivity contribution is -0.137. The zero-order valence-electron chi connectivity index (χ0n) is 37.0. The van der Waals surface area contributed by atoms with E-state index in [0.717, 1.165) is 87.5 Å². The Morgan fingerprint density at radius 2 is 1.31 bits per heavy atom. The summed E-state index contributed by atoms with van der Waals surface area (Å²) < 4.78 is 13.0. The summed E-state index contributed by atoms with van der Waals surface area (Å²) in [6.45, 7) is 11.3. The fourth-order valence-corrected chi connectivity index (χ4v) is 9.42. The number of nitrogens with zero attached hydrogens (tertiary/aromatic N) is 4. The van der Waals surface area contributed by atoms with E-state index >= 15 is 0 Å². The highest BCUT2D eigenvalue weighted by atomic mass is 16.5. The Balaban J connectivity index is 0.934. The van der Waals surface area contributed by atoms with Crippen molar-refractivity contribution in [2.24, 2.45) is 0 Å². The van der Waals surface area contributed by atoms with Crippen LogP contribution in [0.3, 0.4) is 0 Å². The third-order valence-corrected chi connectivity index (χ3v) is 12.8. The molecule has 5 aromatic rings. The Bertz CT molecular complexity index is 2670. The lowest BCUT2D eigenvalue weighted by Gasteiger charge is -2.30. The van der Waals surface area contributed by atoms with Crippen LogP contribution in [-0.2, 0) is 32.4 Å². The molecule has 9 rings (SSSR count). The minimum Gasteiger partial charge on any atom is -0.488 e. The van der Waals surface area contributed by atoms with Crippen molar-refractivity contribution in [3.8, 4) is 45.1 Å². The molecule has 4 aliphatic heterocycles. The minimum atomic E-state index is -0.882. The molecule has 0 aliphatic carbocycles. The number of amides is 4. The Morgan fingerprint density at radius 1 is 0.769 bits per heavy atom. The number of H-pyrrole nitrogens is 2. The standard InChI is InChI=1S/C51H54N8O6/c1-5-8-10-15-30(4)46(56-42(60)6-2)50(62)58-20-13-18-38(58)48-52-26-36(54-48)32-22-34-28-65-41-25-33(23-35-29-64-40(24-32)44(34)45(35)41)37-27-53-49(55-37)39-19-14-21-59(39)51(63)47(57-43(61)7-3)31-16-11-9-12-17-31/h5,8-12,15-17,22-27,38-39,46-47H,4,6-7,13-14,18-21,28-29H2,1-3H3,(H,52,54)(H,53,55)(H,56,60)(H,57,61)/b8-5-,15-10-/t38-,39-,46+,47+/m0/s1. The van der Waals surface area contributed by atoms with Gasteiger partial charge in [-0.3, -0.25) is 19.2 Å². The largest absolute Gasteiger partial charge is 0.488 e. The molecule has 0 radical (unpaired) electrons. The van der Waals surface area contributed by atoms with Crippen LogP contribution in [0.2, 0.25) is 0 Å². The Hall–Kier alpha value is -7.22. The number of aromatic nitrogens is 4. The normalized spacial score (nSPS) is 18.3. The van der Waals surface area contributed by atoms with E-state index in [0.29, 0.717) is 43.5 Å². The van der Waals surface area contributed by atoms with Gasteiger partial charge in [0, 0.05) is 59.3 Å². The third-order valence-electron chi connectivity index (χ3n) is 12.8. The molecule has 14 nitrogen and oxygen atoms in total. The first-order valence-corrected chi connectivity index (χ1v) is 22.6. The van der Waals surface area contributed by atoms with Crippen molar-refractivity contribution in [1.82, 2.24) is 40.4 Å². The number of nitrogens with one attached hydrogen (secondary N) is 4. The molecule has 0 bridgehead atoms. The number of benzene rings is 3. The van der Waals surface area contributed by atoms with Gasteiger partial charge in [-0.05, 0) is 68.0 Å². The van der Waals surface area contributed by atoms with Gasteiger partial charge in [0.2, 0.25) is 23.6 Å². The van der Waals surface area contributed by atoms with Gasteiger partial charge in [0.25, 0.3) is 0 Å². The van der Waals surface area contributed by atoms with Crippen molar-refractivity contribution < 1.29 is 28.7 Å². The molecule has 65 heavy (non-hydrogen) atoms. The molecule has 4 N–H and O–H groups in total. The van der Waals surface area contributed by atoms with Crippen LogP contribution in [-0.4, -0.2) is 72.5 Å². The summed E-state index contributed by atoms with van der Waals surface area (Å²) in [7, 11) is 0. The lowest BCUT2D eigenvalue weighted by Crippen LogP contribution is -2.49. The Labute approximate surface area is 378 Å². The number of hydrogen-bond acceptors (Lipinski definition) is 8. The van der Waals surface area contributed by atoms with Gasteiger partial charge >= 0.3 is 0 Å². The van der Waals surface area contributed by atoms with E-state index < -0.39 is 12.1 Å². The number of hydrogen-bond donors (Lipinski definition) is 4. The molecule has 6 heterocycles. The molecule has 4 aliphatic rings. The van der Waals surface area contributed by atoms with Gasteiger partial charge in [0.1, 0.15) is 48.4 Å². The molecular weight excluding hydrogens is 821 g/mol. The SMILES string of the molecule is C=C(/C=C\C=C/C)[C@@H](NC(=O)CC)C(=O)N1CCC[C@H]1c1ncc(-c2cc3c4c(c2)OCc2cc(-c5cnc([C@@H]6CCCN6C(=O)[C@H](NC(=O)CC)c6ccccc6)[nH]5)cc(c2-4)OC3)[nH]1. The molecule has 3 aromatic carbocycles. The van der Waals surface area contributed by atoms with Gasteiger partial charge in [-0.25, -0.2) is 9.97 Å². The van der Waals surface area contributed by atoms with Crippen LogP contribution in [0.4, 0.5) is 0 Å². The molecule has 0 unspecified atom stereocenters. The first-order valence-electron chi connectivity index (χ1n) is 22.6. The molecule has 4 atom stereocenters. The molecule has 2 saturated heterocycles. The quantitative estimate of drug-likeness (QED) is 0.0810. The van der Waals surface area contributed by atoms with E-state index in [4.69, 9.17) is 19.4 Å². The number of allylic oxidation sites excluding steroid dienone is 3. The molecule has 334 valence electrons. The zero-order chi connectivity index (χ0) is 45.2. The highest BCUT2D eigenvalue weighted by Gasteiger charge is 2.39. The second-order valence-electron chi connectivity index (χ2n) is 16.9. The van der Waals surface area contributed by atoms with Crippen LogP contribution >= 0.6 is 0 Å². The summed E-state index contributed by atoms with van der Waals surface area (Å²) in [5.74, 6) is 2.12. The van der Waals surface area contributed by atoms with E-state index in [-0.39, 0.29) is 48.6 Å². The van der Waals surface area contributed by atoms with Crippen molar-refractivity contribution in [3.63, 3.8) is 0 Å². The van der Waals surface area contributed by atoms with Gasteiger partial charge in [0.05, 0.1) is 35.9 Å². The van der Waals surface area contributed by atoms with Crippen LogP contribution in [0.15, 0.2) is 103 Å². The van der Waals surface area contributed by atoms with E-state index in [1.165, 1.54) is 0 Å². The summed E-state index contributed by atoms with van der Waals surface area (Å²) in [6, 6.07) is 15.4. The van der Waals surface area contributed by atoms with Crippen molar-refractivity contribution in [1.29, 1.82) is 0 Å². The first-order chi connectivity index (χ1) is 31.6. The lowest BCUT2D eigenvalue weighted by atomic mass is 9.87. The summed E-state index contributed by atoms with van der Waals surface area (Å²) in [4.78, 5) is 73.5. The number of aromatic amines is 2. The first kappa shape index (κ1) is 43.1. The summed E-state index contributed by atoms with van der Waals surface area (Å²) in [6.07, 6.45) is 14.6. The predicted molar refractivity (Wildman–Crippen MR) is 246 cm³/mol. The van der Waals surface area contributed by atoms with Gasteiger partial charge in [0.15, 0.2) is 0 Å². The maximum absolute atomic E-state index is 14.1. The fraction of sp³-hybridized carbons (Fsp3) is 0.333. The number of carbonyl (C=O) groups excluding carboxylic acids is 4. The van der Waals surface area contributed by atoms with E-state index in [1.54, 1.807) is 37.2 Å². The van der Waals surface area contributed by atoms with Crippen molar-refractivity contribution in [2.45, 2.75) is 96.7 Å². The predicted octanol–water partition coefficient (Wildman–Crippen LogP) is 8.10. The summed E-state index contributed by atoms with van der Waals surface area (Å²) in [5, 5.41) is 5.82. The van der Waals surface area contributed by atoms with Gasteiger partial charge < -0.3 is 39.9 Å². The number of imidazole rings is 2. The smallest absolute Gasteiger partial charge is 0.250 e. The molecule has 2 fully saturated rings. The van der Waals surface area contributed by atoms with Crippen molar-refractivity contribution >= 4 is 23.6 Å². The number of ether oxygens (including phenoxy) is 2. The molecule has 4 amide bonds. The van der Waals surface area contributed by atoms with Crippen LogP contribution in [0, 0.1) is 0 Å². The molecular formula is C51H54N8O6. The monoisotopic (exact) mass is 874 g/mol. The molecule has 0 saturated carbocycles. The van der Waals surface area contributed by atoms with Crippen molar-refractivity contribution in [2.75, 3.05) is 13.1 Å². The van der Waals surface area contributed by atoms with Crippen LogP contribution in [0.5, 0.6) is 11.5 Å². The van der Waals surface area contributed by atoms with Gasteiger partial charge in [-0.15, -0.1) is 0 Å². The zero-order valence-corrected chi connectivity index (χ0v) is 37.0. The van der Waals surface area contributed by atoms with Crippen LogP contribution in [0.1, 0.15) is 106 Å². The summed E-state index contributed by atoms with van der Waals surface area (Å²) >= 11 is 0. The fourth-order valence-electron chi connectivity index (χ4n) is 9.42. The van der Waals surface area contributed by atoms with Gasteiger partial charge in [-0.1, -0.05) is 75.1 Å². The minimum absolute atomic E-state index is 0.153. The highest BCUT2D eigenvalue weighted by molar-refractivity contribution is 5.92. The molecule has 2 aromatic heterocycles. The maximum atomic E-state index is 14.1. The second kappa shape index (κ2) is 18.5. The van der Waals surface area contributed by atoms with Crippen LogP contribution < -0.4 is 20.1 Å². The number of rotatable bonds is 14. The topological polar surface area (TPSA) is 175 Å². The molecule has 0 spiro atoms. The second-order valence-corrected chi connectivity index (χ2v) is 16.9. The van der Waals surface area contributed by atoms with E-state index in [1.807, 2.05) is 72.5 Å². The average Bonchev–Trinajstić information content (AvgIpc) is 4.19. The number of likely N-dealkylation sites (tertiary alicyclic amines) is 2. The Morgan fingerprint density at radius 3 is 1.85 bits per heavy atom. The van der Waals surface area contributed by atoms with Crippen molar-refractivity contribution in [3.05, 3.63) is 132 Å². The number of carbonyl (C=O) groups is 4. The van der Waals surface area contributed by atoms with E-state index in [9.17, 15) is 19.2 Å². The summed E-state index contributed by atoms with van der Waals surface area (Å²) in [5.41, 5.74) is 8.64. The third kappa shape index (κ3) is 8.48.